The lowest BCUT2D eigenvalue weighted by atomic mass is 9.86. The Morgan fingerprint density at radius 1 is 1.07 bits per heavy atom. The second-order valence-electron chi connectivity index (χ2n) is 6.53. The normalized spacial score (nSPS) is 14.1. The predicted octanol–water partition coefficient (Wildman–Crippen LogP) is 2.46. The average Bonchev–Trinajstić information content (AvgIpc) is 2.70. The quantitative estimate of drug-likeness (QED) is 0.487. The number of amides is 2. The molecule has 0 heterocycles. The molecular weight excluding hydrogens is 366 g/mol. The number of rotatable bonds is 7. The van der Waals surface area contributed by atoms with Gasteiger partial charge in [0.15, 0.2) is 23.2 Å². The van der Waals surface area contributed by atoms with Crippen LogP contribution in [-0.4, -0.2) is 30.6 Å². The van der Waals surface area contributed by atoms with Crippen LogP contribution >= 0.6 is 12.2 Å². The maximum atomic E-state index is 11.9. The molecule has 0 bridgehead atoms. The minimum absolute atomic E-state index is 0.0642. The molecule has 7 nitrogen and oxygen atoms in total. The van der Waals surface area contributed by atoms with Gasteiger partial charge < -0.3 is 14.8 Å². The second-order valence-corrected chi connectivity index (χ2v) is 6.94. The van der Waals surface area contributed by atoms with E-state index in [2.05, 4.69) is 16.2 Å². The van der Waals surface area contributed by atoms with E-state index in [4.69, 9.17) is 21.7 Å². The number of ether oxygens (including phenoxy) is 2. The van der Waals surface area contributed by atoms with Gasteiger partial charge in [-0.2, -0.15) is 0 Å². The second kappa shape index (κ2) is 11.4. The van der Waals surface area contributed by atoms with E-state index in [9.17, 15) is 9.59 Å². The summed E-state index contributed by atoms with van der Waals surface area (Å²) < 4.78 is 10.5. The molecule has 1 aromatic rings. The molecule has 0 aliphatic heterocycles. The lowest BCUT2D eigenvalue weighted by Gasteiger charge is -2.21. The van der Waals surface area contributed by atoms with Crippen molar-refractivity contribution in [1.82, 2.24) is 16.2 Å². The molecule has 0 aromatic heterocycles. The van der Waals surface area contributed by atoms with Crippen LogP contribution in [0.5, 0.6) is 11.5 Å². The van der Waals surface area contributed by atoms with Gasteiger partial charge >= 0.3 is 0 Å². The van der Waals surface area contributed by atoms with Crippen molar-refractivity contribution in [2.45, 2.75) is 44.9 Å². The zero-order chi connectivity index (χ0) is 19.5. The Labute approximate surface area is 165 Å². The molecule has 3 N–H and O–H groups in total. The van der Waals surface area contributed by atoms with Crippen molar-refractivity contribution in [3.8, 4) is 11.5 Å². The van der Waals surface area contributed by atoms with Crippen LogP contribution in [0, 0.1) is 5.92 Å². The van der Waals surface area contributed by atoms with Crippen LogP contribution in [-0.2, 0) is 9.59 Å². The third kappa shape index (κ3) is 7.82. The van der Waals surface area contributed by atoms with E-state index in [1.807, 2.05) is 6.07 Å². The summed E-state index contributed by atoms with van der Waals surface area (Å²) in [6, 6.07) is 7.04. The Bertz CT molecular complexity index is 648. The maximum absolute atomic E-state index is 11.9. The first-order valence-electron chi connectivity index (χ1n) is 9.23. The van der Waals surface area contributed by atoms with Gasteiger partial charge in [-0.15, -0.1) is 0 Å². The smallest absolute Gasteiger partial charge is 0.276 e. The van der Waals surface area contributed by atoms with Crippen molar-refractivity contribution >= 4 is 29.1 Å². The summed E-state index contributed by atoms with van der Waals surface area (Å²) in [6.07, 6.45) is 7.56. The van der Waals surface area contributed by atoms with Crippen LogP contribution in [0.1, 0.15) is 44.9 Å². The molecule has 1 fully saturated rings. The van der Waals surface area contributed by atoms with Gasteiger partial charge in [-0.05, 0) is 36.7 Å². The fraction of sp³-hybridized carbons (Fsp3) is 0.526. The Morgan fingerprint density at radius 2 is 1.78 bits per heavy atom. The predicted molar refractivity (Wildman–Crippen MR) is 106 cm³/mol. The zero-order valence-corrected chi connectivity index (χ0v) is 16.4. The van der Waals surface area contributed by atoms with Crippen LogP contribution in [0.25, 0.3) is 0 Å². The number of carbonyl (C=O) groups is 2. The average molecular weight is 394 g/mol. The number of nitrogens with one attached hydrogen (secondary N) is 3. The summed E-state index contributed by atoms with van der Waals surface area (Å²) in [5.41, 5.74) is 4.90. The Balaban J connectivity index is 1.61. The largest absolute Gasteiger partial charge is 0.493 e. The van der Waals surface area contributed by atoms with Crippen LogP contribution in [0.4, 0.5) is 0 Å². The Kier molecular flexibility index (Phi) is 8.83. The first-order chi connectivity index (χ1) is 13.1. The van der Waals surface area contributed by atoms with Crippen molar-refractivity contribution < 1.29 is 19.1 Å². The fourth-order valence-electron chi connectivity index (χ4n) is 3.08. The molecule has 0 atom stereocenters. The van der Waals surface area contributed by atoms with Crippen molar-refractivity contribution in [3.05, 3.63) is 24.3 Å². The van der Waals surface area contributed by atoms with E-state index >= 15 is 0 Å². The molecule has 0 unspecified atom stereocenters. The summed E-state index contributed by atoms with van der Waals surface area (Å²) >= 11 is 5.02. The van der Waals surface area contributed by atoms with Gasteiger partial charge in [-0.1, -0.05) is 44.2 Å². The van der Waals surface area contributed by atoms with Crippen molar-refractivity contribution in [1.29, 1.82) is 0 Å². The van der Waals surface area contributed by atoms with Gasteiger partial charge in [0, 0.05) is 6.42 Å². The Hall–Kier alpha value is -2.35. The highest BCUT2D eigenvalue weighted by atomic mass is 32.1. The van der Waals surface area contributed by atoms with Gasteiger partial charge in [0.25, 0.3) is 5.91 Å². The van der Waals surface area contributed by atoms with E-state index in [1.54, 1.807) is 18.2 Å². The van der Waals surface area contributed by atoms with E-state index in [0.29, 0.717) is 23.8 Å². The molecule has 27 heavy (non-hydrogen) atoms. The minimum atomic E-state index is -0.431. The third-order valence-electron chi connectivity index (χ3n) is 4.50. The molecule has 8 heteroatoms. The summed E-state index contributed by atoms with van der Waals surface area (Å²) in [5.74, 6) is 1.07. The topological polar surface area (TPSA) is 88.7 Å². The lowest BCUT2D eigenvalue weighted by molar-refractivity contribution is -0.124. The van der Waals surface area contributed by atoms with E-state index in [1.165, 1.54) is 39.2 Å². The highest BCUT2D eigenvalue weighted by Crippen LogP contribution is 2.27. The molecule has 1 aromatic carbocycles. The number of hydrogen-bond donors (Lipinski definition) is 3. The van der Waals surface area contributed by atoms with Gasteiger partial charge in [-0.3, -0.25) is 20.4 Å². The molecule has 0 spiro atoms. The standard InChI is InChI=1S/C19H27N3O4S/c1-25-15-9-5-6-10-16(15)26-13-18(24)21-22-19(27)20-17(23)12-11-14-7-3-2-4-8-14/h5-6,9-10,14H,2-4,7-8,11-13H2,1H3,(H,21,24)(H2,20,22,23,27). The summed E-state index contributed by atoms with van der Waals surface area (Å²) in [7, 11) is 1.53. The van der Waals surface area contributed by atoms with Crippen LogP contribution in [0.2, 0.25) is 0 Å². The summed E-state index contributed by atoms with van der Waals surface area (Å²) in [5, 5.41) is 2.64. The van der Waals surface area contributed by atoms with E-state index < -0.39 is 5.91 Å². The molecule has 148 valence electrons. The first kappa shape index (κ1) is 21.0. The van der Waals surface area contributed by atoms with Gasteiger partial charge in [0.2, 0.25) is 5.91 Å². The zero-order valence-electron chi connectivity index (χ0n) is 15.6. The summed E-state index contributed by atoms with van der Waals surface area (Å²) in [4.78, 5) is 23.8. The minimum Gasteiger partial charge on any atom is -0.493 e. The van der Waals surface area contributed by atoms with E-state index in [-0.39, 0.29) is 17.6 Å². The molecule has 0 saturated heterocycles. The van der Waals surface area contributed by atoms with Crippen LogP contribution < -0.4 is 25.6 Å². The SMILES string of the molecule is COc1ccccc1OCC(=O)NNC(=S)NC(=O)CCC1CCCCC1. The molecular formula is C19H27N3O4S. The van der Waals surface area contributed by atoms with Crippen LogP contribution in [0.15, 0.2) is 24.3 Å². The number of methoxy groups -OCH3 is 1. The Morgan fingerprint density at radius 3 is 2.48 bits per heavy atom. The number of hydrogen-bond acceptors (Lipinski definition) is 5. The number of hydrazine groups is 1. The van der Waals surface area contributed by atoms with Gasteiger partial charge in [0.05, 0.1) is 7.11 Å². The van der Waals surface area contributed by atoms with E-state index in [0.717, 1.165) is 6.42 Å². The summed E-state index contributed by atoms with van der Waals surface area (Å²) in [6.45, 7) is -0.217. The van der Waals surface area contributed by atoms with Crippen molar-refractivity contribution in [2.75, 3.05) is 13.7 Å². The van der Waals surface area contributed by atoms with Gasteiger partial charge in [0.1, 0.15) is 0 Å². The lowest BCUT2D eigenvalue weighted by Crippen LogP contribution is -2.49. The molecule has 2 amide bonds. The third-order valence-corrected chi connectivity index (χ3v) is 4.70. The molecule has 2 rings (SSSR count). The van der Waals surface area contributed by atoms with Gasteiger partial charge in [-0.25, -0.2) is 0 Å². The van der Waals surface area contributed by atoms with Crippen molar-refractivity contribution in [2.24, 2.45) is 5.92 Å². The van der Waals surface area contributed by atoms with Crippen LogP contribution in [0.3, 0.4) is 0 Å². The molecule has 0 radical (unpaired) electrons. The molecule has 1 aliphatic carbocycles. The maximum Gasteiger partial charge on any atom is 0.276 e. The number of benzene rings is 1. The fourth-order valence-corrected chi connectivity index (χ4v) is 3.24. The van der Waals surface area contributed by atoms with Crippen molar-refractivity contribution in [3.63, 3.8) is 0 Å². The first-order valence-corrected chi connectivity index (χ1v) is 9.63. The number of thiocarbonyl (C=S) groups is 1. The monoisotopic (exact) mass is 393 g/mol. The molecule has 1 saturated carbocycles. The highest BCUT2D eigenvalue weighted by Gasteiger charge is 2.15. The number of para-hydroxylation sites is 2. The highest BCUT2D eigenvalue weighted by molar-refractivity contribution is 7.80. The number of carbonyl (C=O) groups excluding carboxylic acids is 2. The molecule has 1 aliphatic rings.